The van der Waals surface area contributed by atoms with Gasteiger partial charge in [0.15, 0.2) is 5.16 Å². The molecule has 3 aromatic heterocycles. The van der Waals surface area contributed by atoms with Gasteiger partial charge in [0.25, 0.3) is 5.56 Å². The topological polar surface area (TPSA) is 72.8 Å². The number of rotatable bonds is 6. The molecule has 0 unspecified atom stereocenters. The lowest BCUT2D eigenvalue weighted by molar-refractivity contribution is 0.414. The van der Waals surface area contributed by atoms with Crippen molar-refractivity contribution < 1.29 is 4.74 Å². The van der Waals surface area contributed by atoms with E-state index in [9.17, 15) is 4.79 Å². The number of hydrogen-bond acceptors (Lipinski definition) is 6. The summed E-state index contributed by atoms with van der Waals surface area (Å²) in [4.78, 5) is 25.7. The highest BCUT2D eigenvalue weighted by molar-refractivity contribution is 7.98. The van der Waals surface area contributed by atoms with E-state index < -0.39 is 0 Å². The molecular weight excluding hydrogens is 464 g/mol. The van der Waals surface area contributed by atoms with E-state index in [4.69, 9.17) is 16.3 Å². The van der Waals surface area contributed by atoms with Crippen LogP contribution >= 0.6 is 34.7 Å². The molecule has 2 aromatic carbocycles. The van der Waals surface area contributed by atoms with E-state index in [1.807, 2.05) is 64.7 Å². The maximum atomic E-state index is 12.9. The number of methoxy groups -OCH3 is 1. The molecule has 1 N–H and O–H groups in total. The number of imidazole rings is 1. The standard InChI is InChI=1S/C23H17ClN4O2S2/c1-30-15-6-4-5-14(11-15)28-10-9-25-23(28)32-13-19-26-21(29)20-17(12-31-22(20)27-19)16-7-2-3-8-18(16)24/h2-12H,13H2,1H3,(H,26,27,29). The number of aromatic amines is 1. The predicted molar refractivity (Wildman–Crippen MR) is 130 cm³/mol. The number of H-pyrrole nitrogens is 1. The van der Waals surface area contributed by atoms with E-state index in [1.165, 1.54) is 23.1 Å². The Hall–Kier alpha value is -3.07. The third kappa shape index (κ3) is 3.92. The monoisotopic (exact) mass is 480 g/mol. The van der Waals surface area contributed by atoms with Crippen molar-refractivity contribution in [3.05, 3.63) is 87.5 Å². The summed E-state index contributed by atoms with van der Waals surface area (Å²) in [5.41, 5.74) is 2.41. The maximum Gasteiger partial charge on any atom is 0.260 e. The van der Waals surface area contributed by atoms with Crippen molar-refractivity contribution in [3.63, 3.8) is 0 Å². The average Bonchev–Trinajstić information content (AvgIpc) is 3.45. The van der Waals surface area contributed by atoms with Crippen molar-refractivity contribution in [2.24, 2.45) is 0 Å². The zero-order chi connectivity index (χ0) is 22.1. The van der Waals surface area contributed by atoms with Crippen molar-refractivity contribution in [1.82, 2.24) is 19.5 Å². The largest absolute Gasteiger partial charge is 0.497 e. The molecule has 160 valence electrons. The minimum absolute atomic E-state index is 0.169. The molecule has 3 heterocycles. The Morgan fingerprint density at radius 3 is 2.91 bits per heavy atom. The molecule has 6 nitrogen and oxygen atoms in total. The van der Waals surface area contributed by atoms with Gasteiger partial charge in [-0.3, -0.25) is 9.36 Å². The lowest BCUT2D eigenvalue weighted by atomic mass is 10.1. The van der Waals surface area contributed by atoms with E-state index in [-0.39, 0.29) is 5.56 Å². The Morgan fingerprint density at radius 2 is 2.06 bits per heavy atom. The van der Waals surface area contributed by atoms with Crippen LogP contribution in [0.4, 0.5) is 0 Å². The summed E-state index contributed by atoms with van der Waals surface area (Å²) in [6.45, 7) is 0. The summed E-state index contributed by atoms with van der Waals surface area (Å²) in [6.07, 6.45) is 3.64. The van der Waals surface area contributed by atoms with Crippen molar-refractivity contribution >= 4 is 44.9 Å². The zero-order valence-corrected chi connectivity index (χ0v) is 19.3. The molecule has 0 spiro atoms. The average molecular weight is 481 g/mol. The highest BCUT2D eigenvalue weighted by Crippen LogP contribution is 2.35. The molecule has 9 heteroatoms. The van der Waals surface area contributed by atoms with Gasteiger partial charge >= 0.3 is 0 Å². The number of fused-ring (bicyclic) bond motifs is 1. The Morgan fingerprint density at radius 1 is 1.19 bits per heavy atom. The summed E-state index contributed by atoms with van der Waals surface area (Å²) in [5, 5.41) is 3.90. The smallest absolute Gasteiger partial charge is 0.260 e. The van der Waals surface area contributed by atoms with Gasteiger partial charge in [0.05, 0.1) is 23.9 Å². The molecule has 0 amide bonds. The SMILES string of the molecule is COc1cccc(-n2ccnc2SCc2nc3scc(-c4ccccc4Cl)c3c(=O)[nH]2)c1. The number of nitrogens with one attached hydrogen (secondary N) is 1. The Balaban J connectivity index is 1.43. The minimum atomic E-state index is -0.169. The molecule has 0 atom stereocenters. The third-order valence-electron chi connectivity index (χ3n) is 4.93. The molecule has 5 rings (SSSR count). The molecule has 0 aliphatic heterocycles. The van der Waals surface area contributed by atoms with Gasteiger partial charge in [-0.15, -0.1) is 11.3 Å². The van der Waals surface area contributed by atoms with Crippen LogP contribution in [-0.2, 0) is 5.75 Å². The van der Waals surface area contributed by atoms with E-state index in [2.05, 4.69) is 15.0 Å². The van der Waals surface area contributed by atoms with Crippen molar-refractivity contribution in [3.8, 4) is 22.6 Å². The molecule has 0 saturated carbocycles. The first-order valence-electron chi connectivity index (χ1n) is 9.70. The Labute approximate surface area is 196 Å². The summed E-state index contributed by atoms with van der Waals surface area (Å²) in [5.74, 6) is 1.85. The summed E-state index contributed by atoms with van der Waals surface area (Å²) in [6, 6.07) is 15.3. The second-order valence-corrected chi connectivity index (χ2v) is 9.10. The highest BCUT2D eigenvalue weighted by Gasteiger charge is 2.15. The van der Waals surface area contributed by atoms with Gasteiger partial charge in [-0.1, -0.05) is 47.6 Å². The van der Waals surface area contributed by atoms with Gasteiger partial charge in [0, 0.05) is 40.0 Å². The molecule has 0 aliphatic carbocycles. The number of thioether (sulfide) groups is 1. The summed E-state index contributed by atoms with van der Waals surface area (Å²) < 4.78 is 7.30. The third-order valence-corrected chi connectivity index (χ3v) is 7.11. The van der Waals surface area contributed by atoms with Gasteiger partial charge in [-0.2, -0.15) is 0 Å². The minimum Gasteiger partial charge on any atom is -0.497 e. The fourth-order valence-electron chi connectivity index (χ4n) is 3.43. The normalized spacial score (nSPS) is 11.2. The number of halogens is 1. The van der Waals surface area contributed by atoms with Crippen LogP contribution in [0.5, 0.6) is 5.75 Å². The van der Waals surface area contributed by atoms with Crippen LogP contribution in [0.3, 0.4) is 0 Å². The fourth-order valence-corrected chi connectivity index (χ4v) is 5.46. The Kier molecular flexibility index (Phi) is 5.73. The second kappa shape index (κ2) is 8.82. The van der Waals surface area contributed by atoms with Crippen molar-refractivity contribution in [2.75, 3.05) is 7.11 Å². The number of nitrogens with zero attached hydrogens (tertiary/aromatic N) is 3. The number of benzene rings is 2. The number of hydrogen-bond donors (Lipinski definition) is 1. The van der Waals surface area contributed by atoms with Gasteiger partial charge in [-0.25, -0.2) is 9.97 Å². The first-order valence-corrected chi connectivity index (χ1v) is 11.9. The van der Waals surface area contributed by atoms with E-state index >= 15 is 0 Å². The maximum absolute atomic E-state index is 12.9. The first-order chi connectivity index (χ1) is 15.6. The van der Waals surface area contributed by atoms with E-state index in [0.717, 1.165) is 27.7 Å². The molecule has 0 fully saturated rings. The molecule has 0 radical (unpaired) electrons. The van der Waals surface area contributed by atoms with Gasteiger partial charge in [-0.05, 0) is 18.2 Å². The zero-order valence-electron chi connectivity index (χ0n) is 16.9. The number of ether oxygens (including phenoxy) is 1. The van der Waals surface area contributed by atoms with Crippen LogP contribution in [0.1, 0.15) is 5.82 Å². The van der Waals surface area contributed by atoms with Crippen LogP contribution in [0.2, 0.25) is 5.02 Å². The molecular formula is C23H17ClN4O2S2. The highest BCUT2D eigenvalue weighted by atomic mass is 35.5. The van der Waals surface area contributed by atoms with Crippen LogP contribution in [0.25, 0.3) is 27.0 Å². The van der Waals surface area contributed by atoms with Crippen LogP contribution in [0, 0.1) is 0 Å². The molecule has 0 bridgehead atoms. The molecule has 0 saturated heterocycles. The lowest BCUT2D eigenvalue weighted by Crippen LogP contribution is -2.11. The van der Waals surface area contributed by atoms with Crippen molar-refractivity contribution in [1.29, 1.82) is 0 Å². The second-order valence-electron chi connectivity index (χ2n) is 6.89. The number of aromatic nitrogens is 4. The molecule has 32 heavy (non-hydrogen) atoms. The predicted octanol–water partition coefficient (Wildman–Crippen LogP) is 5.79. The van der Waals surface area contributed by atoms with E-state index in [0.29, 0.717) is 26.8 Å². The van der Waals surface area contributed by atoms with Gasteiger partial charge in [0.1, 0.15) is 16.4 Å². The van der Waals surface area contributed by atoms with Gasteiger partial charge in [0.2, 0.25) is 0 Å². The van der Waals surface area contributed by atoms with E-state index in [1.54, 1.807) is 13.3 Å². The van der Waals surface area contributed by atoms with Gasteiger partial charge < -0.3 is 9.72 Å². The Bertz CT molecular complexity index is 1470. The summed E-state index contributed by atoms with van der Waals surface area (Å²) in [7, 11) is 1.64. The molecule has 0 aliphatic rings. The quantitative estimate of drug-likeness (QED) is 0.311. The van der Waals surface area contributed by atoms with Crippen LogP contribution in [0.15, 0.2) is 76.3 Å². The fraction of sp³-hybridized carbons (Fsp3) is 0.0870. The number of thiophene rings is 1. The lowest BCUT2D eigenvalue weighted by Gasteiger charge is -2.09. The van der Waals surface area contributed by atoms with Crippen molar-refractivity contribution in [2.45, 2.75) is 10.9 Å². The molecule has 5 aromatic rings. The first kappa shape index (κ1) is 20.8. The summed E-state index contributed by atoms with van der Waals surface area (Å²) >= 11 is 9.28. The van der Waals surface area contributed by atoms with Crippen LogP contribution in [-0.4, -0.2) is 26.6 Å². The van der Waals surface area contributed by atoms with Crippen LogP contribution < -0.4 is 10.3 Å².